The molecule has 3 amide bonds. The fourth-order valence-corrected chi connectivity index (χ4v) is 4.09. The first kappa shape index (κ1) is 18.1. The molecule has 0 unspecified atom stereocenters. The van der Waals surface area contributed by atoms with Gasteiger partial charge in [-0.15, -0.1) is 0 Å². The predicted octanol–water partition coefficient (Wildman–Crippen LogP) is 1.63. The van der Waals surface area contributed by atoms with Crippen LogP contribution < -0.4 is 10.6 Å². The second-order valence-electron chi connectivity index (χ2n) is 6.49. The molecule has 1 atom stereocenters. The van der Waals surface area contributed by atoms with Gasteiger partial charge in [-0.05, 0) is 31.0 Å². The second kappa shape index (κ2) is 8.58. The predicted molar refractivity (Wildman–Crippen MR) is 102 cm³/mol. The Labute approximate surface area is 153 Å². The number of thioether (sulfide) groups is 1. The minimum atomic E-state index is -0.430. The summed E-state index contributed by atoms with van der Waals surface area (Å²) in [6.07, 6.45) is 1.05. The summed E-state index contributed by atoms with van der Waals surface area (Å²) in [4.78, 5) is 27.7. The maximum atomic E-state index is 12.3. The lowest BCUT2D eigenvalue weighted by Crippen LogP contribution is -2.43. The molecule has 2 heterocycles. The van der Waals surface area contributed by atoms with E-state index < -0.39 is 6.04 Å². The number of nitrogens with zero attached hydrogens (tertiary/aromatic N) is 2. The Bertz CT molecular complexity index is 602. The number of imide groups is 1. The number of carbonyl (C=O) groups is 2. The Morgan fingerprint density at radius 1 is 1.24 bits per heavy atom. The third-order valence-electron chi connectivity index (χ3n) is 4.65. The zero-order valence-electron chi connectivity index (χ0n) is 14.7. The number of urea groups is 1. The summed E-state index contributed by atoms with van der Waals surface area (Å²) >= 11 is 2.03. The van der Waals surface area contributed by atoms with E-state index in [2.05, 4.69) is 27.7 Å². The third-order valence-corrected chi connectivity index (χ3v) is 5.59. The lowest BCUT2D eigenvalue weighted by Gasteiger charge is -2.26. The van der Waals surface area contributed by atoms with Crippen LogP contribution in [0.15, 0.2) is 24.3 Å². The fourth-order valence-electron chi connectivity index (χ4n) is 3.11. The van der Waals surface area contributed by atoms with Gasteiger partial charge in [-0.3, -0.25) is 9.69 Å². The van der Waals surface area contributed by atoms with Crippen molar-refractivity contribution in [2.45, 2.75) is 19.4 Å². The van der Waals surface area contributed by atoms with Crippen LogP contribution in [0.1, 0.15) is 12.5 Å². The first-order chi connectivity index (χ1) is 12.1. The quantitative estimate of drug-likeness (QED) is 0.805. The number of nitrogens with one attached hydrogen (secondary N) is 2. The summed E-state index contributed by atoms with van der Waals surface area (Å²) in [5, 5.41) is 5.84. The van der Waals surface area contributed by atoms with Gasteiger partial charge in [0, 0.05) is 49.9 Å². The van der Waals surface area contributed by atoms with Gasteiger partial charge in [0.15, 0.2) is 0 Å². The van der Waals surface area contributed by atoms with E-state index in [-0.39, 0.29) is 11.9 Å². The second-order valence-corrected chi connectivity index (χ2v) is 7.71. The normalized spacial score (nSPS) is 19.6. The van der Waals surface area contributed by atoms with E-state index >= 15 is 0 Å². The van der Waals surface area contributed by atoms with Gasteiger partial charge in [-0.2, -0.15) is 11.8 Å². The molecule has 2 fully saturated rings. The van der Waals surface area contributed by atoms with Gasteiger partial charge in [0.05, 0.1) is 0 Å². The third kappa shape index (κ3) is 4.89. The zero-order chi connectivity index (χ0) is 17.6. The van der Waals surface area contributed by atoms with Crippen LogP contribution in [0.3, 0.4) is 0 Å². The van der Waals surface area contributed by atoms with Crippen LogP contribution in [-0.2, 0) is 11.2 Å². The minimum Gasteiger partial charge on any atom is -0.374 e. The van der Waals surface area contributed by atoms with Gasteiger partial charge in [-0.1, -0.05) is 12.1 Å². The average Bonchev–Trinajstić information content (AvgIpc) is 3.07. The van der Waals surface area contributed by atoms with Gasteiger partial charge in [-0.25, -0.2) is 4.79 Å². The average molecular weight is 362 g/mol. The topological polar surface area (TPSA) is 64.7 Å². The molecule has 0 aromatic heterocycles. The number of carbonyl (C=O) groups excluding carboxylic acids is 2. The Balaban J connectivity index is 1.48. The van der Waals surface area contributed by atoms with Crippen molar-refractivity contribution in [2.24, 2.45) is 0 Å². The maximum absolute atomic E-state index is 12.3. The van der Waals surface area contributed by atoms with Gasteiger partial charge in [0.25, 0.3) is 5.91 Å². The Morgan fingerprint density at radius 2 is 1.96 bits per heavy atom. The Morgan fingerprint density at radius 3 is 2.60 bits per heavy atom. The van der Waals surface area contributed by atoms with Crippen LogP contribution in [0.25, 0.3) is 0 Å². The van der Waals surface area contributed by atoms with Gasteiger partial charge >= 0.3 is 6.03 Å². The number of anilines is 1. The van der Waals surface area contributed by atoms with Crippen molar-refractivity contribution >= 4 is 29.4 Å². The molecule has 0 spiro atoms. The first-order valence-electron chi connectivity index (χ1n) is 8.88. The fraction of sp³-hybridized carbons (Fsp3) is 0.556. The lowest BCUT2D eigenvalue weighted by atomic mass is 10.1. The van der Waals surface area contributed by atoms with Crippen molar-refractivity contribution in [3.63, 3.8) is 0 Å². The Kier molecular flexibility index (Phi) is 6.20. The SMILES string of the molecule is C[C@@H](Nc1ccc(CCN2CCSCC2)cc1)C(=O)N1CCNC1=O. The molecule has 0 saturated carbocycles. The van der Waals surface area contributed by atoms with Crippen LogP contribution in [0.4, 0.5) is 10.5 Å². The van der Waals surface area contributed by atoms with Gasteiger partial charge in [0.2, 0.25) is 0 Å². The summed E-state index contributed by atoms with van der Waals surface area (Å²) in [6, 6.07) is 7.51. The van der Waals surface area contributed by atoms with E-state index in [4.69, 9.17) is 0 Å². The molecule has 0 radical (unpaired) electrons. The maximum Gasteiger partial charge on any atom is 0.324 e. The smallest absolute Gasteiger partial charge is 0.324 e. The van der Waals surface area contributed by atoms with E-state index in [1.807, 2.05) is 23.9 Å². The van der Waals surface area contributed by atoms with Crippen LogP contribution >= 0.6 is 11.8 Å². The molecule has 3 rings (SSSR count). The number of benzene rings is 1. The molecule has 0 bridgehead atoms. The van der Waals surface area contributed by atoms with Crippen molar-refractivity contribution in [3.05, 3.63) is 29.8 Å². The highest BCUT2D eigenvalue weighted by atomic mass is 32.2. The van der Waals surface area contributed by atoms with Crippen molar-refractivity contribution in [3.8, 4) is 0 Å². The molecular weight excluding hydrogens is 336 g/mol. The van der Waals surface area contributed by atoms with Crippen LogP contribution in [0.5, 0.6) is 0 Å². The molecule has 1 aromatic carbocycles. The number of rotatable bonds is 6. The highest BCUT2D eigenvalue weighted by Crippen LogP contribution is 2.14. The molecule has 25 heavy (non-hydrogen) atoms. The molecule has 6 nitrogen and oxygen atoms in total. The largest absolute Gasteiger partial charge is 0.374 e. The summed E-state index contributed by atoms with van der Waals surface area (Å²) in [5.41, 5.74) is 2.21. The summed E-state index contributed by atoms with van der Waals surface area (Å²) in [6.45, 7) is 6.24. The monoisotopic (exact) mass is 362 g/mol. The highest BCUT2D eigenvalue weighted by molar-refractivity contribution is 7.99. The molecule has 0 aliphatic carbocycles. The van der Waals surface area contributed by atoms with E-state index in [0.29, 0.717) is 13.1 Å². The first-order valence-corrected chi connectivity index (χ1v) is 10.0. The number of hydrogen-bond acceptors (Lipinski definition) is 5. The van der Waals surface area contributed by atoms with Crippen LogP contribution in [0.2, 0.25) is 0 Å². The van der Waals surface area contributed by atoms with Crippen LogP contribution in [-0.4, -0.2) is 72.0 Å². The van der Waals surface area contributed by atoms with Crippen molar-refractivity contribution in [2.75, 3.05) is 49.5 Å². The molecule has 136 valence electrons. The molecule has 1 aromatic rings. The summed E-state index contributed by atoms with van der Waals surface area (Å²) in [7, 11) is 0. The summed E-state index contributed by atoms with van der Waals surface area (Å²) < 4.78 is 0. The molecule has 2 aliphatic rings. The zero-order valence-corrected chi connectivity index (χ0v) is 15.5. The minimum absolute atomic E-state index is 0.193. The number of hydrogen-bond donors (Lipinski definition) is 2. The van der Waals surface area contributed by atoms with Gasteiger partial charge in [0.1, 0.15) is 6.04 Å². The van der Waals surface area contributed by atoms with E-state index in [9.17, 15) is 9.59 Å². The van der Waals surface area contributed by atoms with Gasteiger partial charge < -0.3 is 15.5 Å². The molecular formula is C18H26N4O2S. The highest BCUT2D eigenvalue weighted by Gasteiger charge is 2.29. The Hall–Kier alpha value is -1.73. The van der Waals surface area contributed by atoms with Crippen molar-refractivity contribution in [1.82, 2.24) is 15.1 Å². The van der Waals surface area contributed by atoms with Crippen molar-refractivity contribution in [1.29, 1.82) is 0 Å². The molecule has 2 aliphatic heterocycles. The van der Waals surface area contributed by atoms with E-state index in [1.165, 1.54) is 35.1 Å². The van der Waals surface area contributed by atoms with E-state index in [1.54, 1.807) is 6.92 Å². The van der Waals surface area contributed by atoms with Crippen molar-refractivity contribution < 1.29 is 9.59 Å². The molecule has 2 N–H and O–H groups in total. The van der Waals surface area contributed by atoms with E-state index in [0.717, 1.165) is 18.7 Å². The van der Waals surface area contributed by atoms with Crippen LogP contribution in [0, 0.1) is 0 Å². The number of amides is 3. The lowest BCUT2D eigenvalue weighted by molar-refractivity contribution is -0.128. The molecule has 7 heteroatoms. The standard InChI is InChI=1S/C18H26N4O2S/c1-14(17(23)22-9-7-19-18(22)24)20-16-4-2-15(3-5-16)6-8-21-10-12-25-13-11-21/h2-5,14,20H,6-13H2,1H3,(H,19,24)/t14-/m1/s1. The molecule has 2 saturated heterocycles. The summed E-state index contributed by atoms with van der Waals surface area (Å²) in [5.74, 6) is 2.29.